The quantitative estimate of drug-likeness (QED) is 0.634. The zero-order valence-electron chi connectivity index (χ0n) is 8.93. The second kappa shape index (κ2) is 5.23. The van der Waals surface area contributed by atoms with Crippen LogP contribution in [0.2, 0.25) is 0 Å². The number of fused-ring (bicyclic) bond motifs is 1. The standard InChI is InChI=1S/C10H18O5/c1-12-7-5-14-10-8(6-15-9(7)10)13-4-2-3-11/h7-11H,2-6H2,1H3/t7-,8-,9-,10-/m1/s1. The van der Waals surface area contributed by atoms with Gasteiger partial charge in [0.1, 0.15) is 24.4 Å². The van der Waals surface area contributed by atoms with Crippen LogP contribution in [0.4, 0.5) is 0 Å². The Hall–Kier alpha value is -0.200. The third-order valence-electron chi connectivity index (χ3n) is 2.90. The number of methoxy groups -OCH3 is 1. The van der Waals surface area contributed by atoms with Crippen LogP contribution in [-0.2, 0) is 18.9 Å². The van der Waals surface area contributed by atoms with Crippen LogP contribution >= 0.6 is 0 Å². The van der Waals surface area contributed by atoms with Gasteiger partial charge in [0.2, 0.25) is 0 Å². The van der Waals surface area contributed by atoms with Gasteiger partial charge in [-0.3, -0.25) is 0 Å². The van der Waals surface area contributed by atoms with E-state index in [1.165, 1.54) is 0 Å². The van der Waals surface area contributed by atoms with Gasteiger partial charge in [-0.15, -0.1) is 0 Å². The summed E-state index contributed by atoms with van der Waals surface area (Å²) >= 11 is 0. The Bertz CT molecular complexity index is 198. The Labute approximate surface area is 89.3 Å². The largest absolute Gasteiger partial charge is 0.396 e. The lowest BCUT2D eigenvalue weighted by atomic mass is 10.1. The average Bonchev–Trinajstić information content (AvgIpc) is 2.80. The van der Waals surface area contributed by atoms with Crippen LogP contribution in [0.5, 0.6) is 0 Å². The second-order valence-corrected chi connectivity index (χ2v) is 3.86. The van der Waals surface area contributed by atoms with Crippen LogP contribution in [-0.4, -0.2) is 63.1 Å². The summed E-state index contributed by atoms with van der Waals surface area (Å²) in [4.78, 5) is 0. The summed E-state index contributed by atoms with van der Waals surface area (Å²) in [6.45, 7) is 1.84. The first-order chi connectivity index (χ1) is 7.36. The number of aliphatic hydroxyl groups excluding tert-OH is 1. The predicted octanol–water partition coefficient (Wildman–Crippen LogP) is -0.433. The summed E-state index contributed by atoms with van der Waals surface area (Å²) in [5.41, 5.74) is 0. The number of hydrogen-bond donors (Lipinski definition) is 1. The highest BCUT2D eigenvalue weighted by Crippen LogP contribution is 2.30. The Morgan fingerprint density at radius 1 is 1.20 bits per heavy atom. The normalized spacial score (nSPS) is 39.6. The third-order valence-corrected chi connectivity index (χ3v) is 2.90. The summed E-state index contributed by atoms with van der Waals surface area (Å²) in [6, 6.07) is 0. The minimum atomic E-state index is -0.0123. The molecule has 0 spiro atoms. The van der Waals surface area contributed by atoms with Crippen LogP contribution in [0.1, 0.15) is 6.42 Å². The van der Waals surface area contributed by atoms with Crippen molar-refractivity contribution < 1.29 is 24.1 Å². The van der Waals surface area contributed by atoms with E-state index < -0.39 is 0 Å². The van der Waals surface area contributed by atoms with Gasteiger partial charge in [0.05, 0.1) is 13.2 Å². The van der Waals surface area contributed by atoms with Gasteiger partial charge in [-0.1, -0.05) is 0 Å². The minimum absolute atomic E-state index is 0.00589. The first kappa shape index (κ1) is 11.3. The minimum Gasteiger partial charge on any atom is -0.396 e. The van der Waals surface area contributed by atoms with Crippen molar-refractivity contribution in [3.63, 3.8) is 0 Å². The van der Waals surface area contributed by atoms with E-state index in [1.54, 1.807) is 7.11 Å². The topological polar surface area (TPSA) is 57.2 Å². The van der Waals surface area contributed by atoms with Crippen molar-refractivity contribution in [2.24, 2.45) is 0 Å². The number of hydrogen-bond acceptors (Lipinski definition) is 5. The van der Waals surface area contributed by atoms with Gasteiger partial charge in [0, 0.05) is 20.3 Å². The Morgan fingerprint density at radius 3 is 2.53 bits per heavy atom. The maximum absolute atomic E-state index is 8.65. The summed E-state index contributed by atoms with van der Waals surface area (Å²) in [5.74, 6) is 0. The SMILES string of the molecule is CO[C@@H]1CO[C@H]2[C@@H]1OC[C@H]2OCCCO. The molecule has 0 aromatic rings. The van der Waals surface area contributed by atoms with E-state index in [0.717, 1.165) is 0 Å². The first-order valence-corrected chi connectivity index (χ1v) is 5.35. The molecule has 0 bridgehead atoms. The molecule has 1 N–H and O–H groups in total. The van der Waals surface area contributed by atoms with Gasteiger partial charge in [-0.2, -0.15) is 0 Å². The molecule has 0 radical (unpaired) electrons. The average molecular weight is 218 g/mol. The molecule has 5 heteroatoms. The predicted molar refractivity (Wildman–Crippen MR) is 51.7 cm³/mol. The molecule has 2 rings (SSSR count). The van der Waals surface area contributed by atoms with Gasteiger partial charge in [-0.05, 0) is 6.42 Å². The van der Waals surface area contributed by atoms with E-state index in [1.807, 2.05) is 0 Å². The van der Waals surface area contributed by atoms with Crippen molar-refractivity contribution in [1.82, 2.24) is 0 Å². The lowest BCUT2D eigenvalue weighted by Gasteiger charge is -2.16. The molecule has 5 nitrogen and oxygen atoms in total. The zero-order chi connectivity index (χ0) is 10.7. The molecule has 2 aliphatic rings. The fourth-order valence-corrected chi connectivity index (χ4v) is 2.07. The zero-order valence-corrected chi connectivity index (χ0v) is 8.93. The molecule has 15 heavy (non-hydrogen) atoms. The molecule has 4 atom stereocenters. The van der Waals surface area contributed by atoms with Gasteiger partial charge < -0.3 is 24.1 Å². The smallest absolute Gasteiger partial charge is 0.115 e. The molecule has 0 amide bonds. The van der Waals surface area contributed by atoms with E-state index >= 15 is 0 Å². The van der Waals surface area contributed by atoms with E-state index in [0.29, 0.717) is 26.2 Å². The fourth-order valence-electron chi connectivity index (χ4n) is 2.07. The maximum atomic E-state index is 8.65. The molecule has 2 saturated heterocycles. The van der Waals surface area contributed by atoms with Gasteiger partial charge >= 0.3 is 0 Å². The van der Waals surface area contributed by atoms with Crippen LogP contribution in [0.15, 0.2) is 0 Å². The highest BCUT2D eigenvalue weighted by Gasteiger charge is 2.48. The second-order valence-electron chi connectivity index (χ2n) is 3.86. The van der Waals surface area contributed by atoms with Crippen molar-refractivity contribution >= 4 is 0 Å². The Kier molecular flexibility index (Phi) is 3.93. The summed E-state index contributed by atoms with van der Waals surface area (Å²) in [5, 5.41) is 8.65. The van der Waals surface area contributed by atoms with Crippen LogP contribution < -0.4 is 0 Å². The van der Waals surface area contributed by atoms with Gasteiger partial charge in [0.15, 0.2) is 0 Å². The molecule has 0 aromatic heterocycles. The Balaban J connectivity index is 1.80. The van der Waals surface area contributed by atoms with Crippen molar-refractivity contribution in [2.45, 2.75) is 30.8 Å². The lowest BCUT2D eigenvalue weighted by molar-refractivity contribution is -0.0439. The summed E-state index contributed by atoms with van der Waals surface area (Å²) < 4.78 is 22.0. The summed E-state index contributed by atoms with van der Waals surface area (Å²) in [7, 11) is 1.67. The first-order valence-electron chi connectivity index (χ1n) is 5.35. The van der Waals surface area contributed by atoms with E-state index in [9.17, 15) is 0 Å². The number of rotatable bonds is 5. The molecule has 2 aliphatic heterocycles. The molecule has 2 heterocycles. The molecule has 0 aromatic carbocycles. The Morgan fingerprint density at radius 2 is 1.87 bits per heavy atom. The molecule has 0 aliphatic carbocycles. The molecular formula is C10H18O5. The molecule has 88 valence electrons. The number of ether oxygens (including phenoxy) is 4. The lowest BCUT2D eigenvalue weighted by Crippen LogP contribution is -2.33. The third kappa shape index (κ3) is 2.32. The van der Waals surface area contributed by atoms with E-state index in [-0.39, 0.29) is 31.0 Å². The molecule has 0 unspecified atom stereocenters. The van der Waals surface area contributed by atoms with Crippen molar-refractivity contribution in [1.29, 1.82) is 0 Å². The molecule has 2 fully saturated rings. The monoisotopic (exact) mass is 218 g/mol. The van der Waals surface area contributed by atoms with Crippen LogP contribution in [0, 0.1) is 0 Å². The van der Waals surface area contributed by atoms with E-state index in [4.69, 9.17) is 24.1 Å². The highest BCUT2D eigenvalue weighted by molar-refractivity contribution is 4.95. The van der Waals surface area contributed by atoms with Crippen molar-refractivity contribution in [3.05, 3.63) is 0 Å². The number of aliphatic hydroxyl groups is 1. The summed E-state index contributed by atoms with van der Waals surface area (Å²) in [6.07, 6.45) is 0.674. The fraction of sp³-hybridized carbons (Fsp3) is 1.00. The van der Waals surface area contributed by atoms with Gasteiger partial charge in [-0.25, -0.2) is 0 Å². The highest BCUT2D eigenvalue weighted by atomic mass is 16.6. The van der Waals surface area contributed by atoms with Crippen LogP contribution in [0.3, 0.4) is 0 Å². The van der Waals surface area contributed by atoms with Crippen molar-refractivity contribution in [2.75, 3.05) is 33.5 Å². The van der Waals surface area contributed by atoms with E-state index in [2.05, 4.69) is 0 Å². The van der Waals surface area contributed by atoms with Crippen LogP contribution in [0.25, 0.3) is 0 Å². The van der Waals surface area contributed by atoms with Crippen molar-refractivity contribution in [3.8, 4) is 0 Å². The maximum Gasteiger partial charge on any atom is 0.115 e. The van der Waals surface area contributed by atoms with Gasteiger partial charge in [0.25, 0.3) is 0 Å². The molecular weight excluding hydrogens is 200 g/mol. The molecule has 0 saturated carbocycles.